The Kier molecular flexibility index (Phi) is 8.24. The predicted octanol–water partition coefficient (Wildman–Crippen LogP) is 4.75. The lowest BCUT2D eigenvalue weighted by Crippen LogP contribution is -2.29. The van der Waals surface area contributed by atoms with E-state index in [2.05, 4.69) is 11.6 Å². The number of aromatic nitrogens is 1. The molecule has 4 rings (SSSR count). The topological polar surface area (TPSA) is 124 Å². The Labute approximate surface area is 235 Å². The normalized spacial score (nSPS) is 16.1. The molecule has 1 unspecified atom stereocenters. The van der Waals surface area contributed by atoms with E-state index in [4.69, 9.17) is 18.9 Å². The molecule has 11 heteroatoms. The number of aryl methyl sites for hydroxylation is 2. The van der Waals surface area contributed by atoms with Crippen molar-refractivity contribution in [3.8, 4) is 17.2 Å². The third-order valence-corrected chi connectivity index (χ3v) is 7.51. The number of ketones is 1. The van der Waals surface area contributed by atoms with Gasteiger partial charge >= 0.3 is 11.9 Å². The van der Waals surface area contributed by atoms with Crippen LogP contribution in [0.4, 0.5) is 5.13 Å². The number of anilines is 1. The third-order valence-electron chi connectivity index (χ3n) is 6.37. The number of thiazole rings is 1. The molecule has 0 bridgehead atoms. The maximum atomic E-state index is 13.6. The number of nitrogens with zero attached hydrogens (tertiary/aromatic N) is 2. The Hall–Kier alpha value is -4.64. The van der Waals surface area contributed by atoms with Gasteiger partial charge in [-0.1, -0.05) is 24.0 Å². The van der Waals surface area contributed by atoms with Crippen LogP contribution < -0.4 is 19.1 Å². The van der Waals surface area contributed by atoms with E-state index in [9.17, 15) is 19.5 Å². The van der Waals surface area contributed by atoms with Gasteiger partial charge in [-0.05, 0) is 55.8 Å². The van der Waals surface area contributed by atoms with Crippen LogP contribution in [0.25, 0.3) is 5.76 Å². The number of carbonyl (C=O) groups excluding carboxylic acids is 3. The van der Waals surface area contributed by atoms with E-state index in [1.807, 2.05) is 0 Å². The molecule has 1 amide bonds. The van der Waals surface area contributed by atoms with E-state index in [1.165, 1.54) is 27.4 Å². The first-order chi connectivity index (χ1) is 19.2. The highest BCUT2D eigenvalue weighted by molar-refractivity contribution is 7.17. The summed E-state index contributed by atoms with van der Waals surface area (Å²) in [5.41, 5.74) is 1.48. The molecular weight excluding hydrogens is 536 g/mol. The number of esters is 1. The summed E-state index contributed by atoms with van der Waals surface area (Å²) in [6, 6.07) is 8.73. The smallest absolute Gasteiger partial charge is 0.350 e. The van der Waals surface area contributed by atoms with Gasteiger partial charge in [-0.2, -0.15) is 0 Å². The monoisotopic (exact) mass is 564 g/mol. The van der Waals surface area contributed by atoms with Crippen molar-refractivity contribution in [2.75, 3.05) is 32.8 Å². The van der Waals surface area contributed by atoms with Gasteiger partial charge in [0.1, 0.15) is 40.5 Å². The lowest BCUT2D eigenvalue weighted by molar-refractivity contribution is -0.132. The Morgan fingerprint density at radius 1 is 1.07 bits per heavy atom. The fourth-order valence-electron chi connectivity index (χ4n) is 4.43. The SMILES string of the molecule is C=CCOC(=O)c1sc(N2C(=O)C(=O)C(=C(O)c3ccc(OC)cc3C)C2c2cc(OC)ccc2OC)nc1C. The maximum Gasteiger partial charge on any atom is 0.350 e. The molecule has 1 N–H and O–H groups in total. The second-order valence-electron chi connectivity index (χ2n) is 8.76. The summed E-state index contributed by atoms with van der Waals surface area (Å²) in [5.74, 6) is -1.53. The second kappa shape index (κ2) is 11.6. The summed E-state index contributed by atoms with van der Waals surface area (Å²) in [5, 5.41) is 11.6. The minimum atomic E-state index is -1.16. The van der Waals surface area contributed by atoms with Crippen LogP contribution in [-0.4, -0.2) is 55.7 Å². The number of Topliss-reactive ketones (excluding diaryl/α,β-unsaturated/α-hetero) is 1. The Bertz CT molecular complexity index is 1540. The zero-order chi connectivity index (χ0) is 29.1. The van der Waals surface area contributed by atoms with Gasteiger partial charge < -0.3 is 24.1 Å². The molecule has 2 aromatic carbocycles. The van der Waals surface area contributed by atoms with Crippen LogP contribution in [0.2, 0.25) is 0 Å². The molecule has 0 radical (unpaired) electrons. The molecule has 1 fully saturated rings. The molecule has 10 nitrogen and oxygen atoms in total. The standard InChI is InChI=1S/C29H28N2O8S/c1-7-12-39-28(35)26-16(3)30-29(40-26)31-23(20-14-18(37-5)9-11-21(20)38-6)22(25(33)27(31)34)24(32)19-10-8-17(36-4)13-15(19)2/h7-11,13-14,23,32H,1,12H2,2-6H3. The molecular formula is C29H28N2O8S. The zero-order valence-electron chi connectivity index (χ0n) is 22.6. The third kappa shape index (κ3) is 5.03. The minimum absolute atomic E-state index is 0.00174. The zero-order valence-corrected chi connectivity index (χ0v) is 23.5. The van der Waals surface area contributed by atoms with Crippen molar-refractivity contribution in [3.63, 3.8) is 0 Å². The largest absolute Gasteiger partial charge is 0.507 e. The quantitative estimate of drug-likeness (QED) is 0.129. The molecule has 1 aliphatic rings. The fourth-order valence-corrected chi connectivity index (χ4v) is 5.41. The van der Waals surface area contributed by atoms with Gasteiger partial charge in [-0.25, -0.2) is 9.78 Å². The highest BCUT2D eigenvalue weighted by atomic mass is 32.1. The molecule has 0 aliphatic carbocycles. The number of hydrogen-bond donors (Lipinski definition) is 1. The highest BCUT2D eigenvalue weighted by Crippen LogP contribution is 2.47. The van der Waals surface area contributed by atoms with Crippen LogP contribution in [0.3, 0.4) is 0 Å². The summed E-state index contributed by atoms with van der Waals surface area (Å²) >= 11 is 0.901. The molecule has 0 saturated carbocycles. The molecule has 40 heavy (non-hydrogen) atoms. The number of aliphatic hydroxyl groups is 1. The number of rotatable bonds is 9. The van der Waals surface area contributed by atoms with E-state index in [0.29, 0.717) is 39.6 Å². The van der Waals surface area contributed by atoms with Crippen LogP contribution in [0.5, 0.6) is 17.2 Å². The van der Waals surface area contributed by atoms with Crippen LogP contribution in [-0.2, 0) is 14.3 Å². The molecule has 1 saturated heterocycles. The molecule has 1 atom stereocenters. The number of benzene rings is 2. The first-order valence-corrected chi connectivity index (χ1v) is 12.9. The molecule has 1 aliphatic heterocycles. The van der Waals surface area contributed by atoms with Gasteiger partial charge in [0.25, 0.3) is 5.78 Å². The van der Waals surface area contributed by atoms with Crippen LogP contribution >= 0.6 is 11.3 Å². The van der Waals surface area contributed by atoms with Crippen molar-refractivity contribution in [2.45, 2.75) is 19.9 Å². The average Bonchev–Trinajstić information content (AvgIpc) is 3.46. The minimum Gasteiger partial charge on any atom is -0.507 e. The first kappa shape index (κ1) is 28.4. The van der Waals surface area contributed by atoms with E-state index in [1.54, 1.807) is 50.2 Å². The highest BCUT2D eigenvalue weighted by Gasteiger charge is 2.49. The van der Waals surface area contributed by atoms with Crippen molar-refractivity contribution in [1.82, 2.24) is 4.98 Å². The molecule has 3 aromatic rings. The predicted molar refractivity (Wildman–Crippen MR) is 149 cm³/mol. The molecule has 208 valence electrons. The number of aliphatic hydroxyl groups excluding tert-OH is 1. The molecule has 2 heterocycles. The van der Waals surface area contributed by atoms with Gasteiger partial charge in [0.2, 0.25) is 0 Å². The molecule has 1 aromatic heterocycles. The number of amides is 1. The van der Waals surface area contributed by atoms with Gasteiger partial charge in [0.15, 0.2) is 5.13 Å². The van der Waals surface area contributed by atoms with Gasteiger partial charge in [0, 0.05) is 11.1 Å². The summed E-state index contributed by atoms with van der Waals surface area (Å²) < 4.78 is 21.4. The van der Waals surface area contributed by atoms with Crippen molar-refractivity contribution in [2.24, 2.45) is 0 Å². The maximum absolute atomic E-state index is 13.6. The summed E-state index contributed by atoms with van der Waals surface area (Å²) in [6.45, 7) is 6.89. The summed E-state index contributed by atoms with van der Waals surface area (Å²) in [7, 11) is 4.45. The Morgan fingerprint density at radius 2 is 1.75 bits per heavy atom. The summed E-state index contributed by atoms with van der Waals surface area (Å²) in [4.78, 5) is 45.6. The van der Waals surface area contributed by atoms with Gasteiger partial charge in [-0.15, -0.1) is 0 Å². The number of ether oxygens (including phenoxy) is 4. The van der Waals surface area contributed by atoms with Gasteiger partial charge in [-0.3, -0.25) is 14.5 Å². The number of carbonyl (C=O) groups is 3. The second-order valence-corrected chi connectivity index (χ2v) is 9.73. The van der Waals surface area contributed by atoms with E-state index in [0.717, 1.165) is 16.2 Å². The fraction of sp³-hybridized carbons (Fsp3) is 0.241. The Balaban J connectivity index is 1.98. The Morgan fingerprint density at radius 3 is 2.38 bits per heavy atom. The van der Waals surface area contributed by atoms with Crippen molar-refractivity contribution < 1.29 is 38.4 Å². The molecule has 0 spiro atoms. The van der Waals surface area contributed by atoms with Gasteiger partial charge in [0.05, 0.1) is 32.6 Å². The van der Waals surface area contributed by atoms with E-state index >= 15 is 0 Å². The average molecular weight is 565 g/mol. The van der Waals surface area contributed by atoms with Crippen molar-refractivity contribution in [1.29, 1.82) is 0 Å². The number of hydrogen-bond acceptors (Lipinski definition) is 10. The lowest BCUT2D eigenvalue weighted by atomic mass is 9.93. The lowest BCUT2D eigenvalue weighted by Gasteiger charge is -2.25. The number of methoxy groups -OCH3 is 3. The van der Waals surface area contributed by atoms with Crippen LogP contribution in [0.15, 0.2) is 54.6 Å². The van der Waals surface area contributed by atoms with E-state index in [-0.39, 0.29) is 27.9 Å². The first-order valence-electron chi connectivity index (χ1n) is 12.1. The van der Waals surface area contributed by atoms with Crippen molar-refractivity contribution >= 4 is 39.9 Å². The van der Waals surface area contributed by atoms with Crippen LogP contribution in [0, 0.1) is 13.8 Å². The van der Waals surface area contributed by atoms with Crippen LogP contribution in [0.1, 0.15) is 38.1 Å². The summed E-state index contributed by atoms with van der Waals surface area (Å²) in [6.07, 6.45) is 1.43. The van der Waals surface area contributed by atoms with E-state index < -0.39 is 23.7 Å². The van der Waals surface area contributed by atoms with Crippen molar-refractivity contribution in [3.05, 3.63) is 81.9 Å².